The molecule has 8 heteroatoms. The zero-order chi connectivity index (χ0) is 14.0. The molecule has 0 bridgehead atoms. The van der Waals surface area contributed by atoms with E-state index in [1.807, 2.05) is 0 Å². The molecule has 1 amide bonds. The van der Waals surface area contributed by atoms with Crippen molar-refractivity contribution in [2.24, 2.45) is 0 Å². The first kappa shape index (κ1) is 13.3. The van der Waals surface area contributed by atoms with Gasteiger partial charge in [0.25, 0.3) is 0 Å². The smallest absolute Gasteiger partial charge is 0.352 e. The average Bonchev–Trinajstić information content (AvgIpc) is 2.85. The minimum Gasteiger partial charge on any atom is -0.477 e. The van der Waals surface area contributed by atoms with Gasteiger partial charge in [0.2, 0.25) is 5.91 Å². The van der Waals surface area contributed by atoms with Crippen molar-refractivity contribution in [2.75, 3.05) is 5.75 Å². The van der Waals surface area contributed by atoms with Crippen LogP contribution in [0.15, 0.2) is 29.8 Å². The Bertz CT molecular complexity index is 644. The monoisotopic (exact) mass is 284 g/mol. The fourth-order valence-electron chi connectivity index (χ4n) is 1.82. The van der Waals surface area contributed by atoms with E-state index < -0.39 is 27.8 Å². The highest BCUT2D eigenvalue weighted by Crippen LogP contribution is 2.08. The summed E-state index contributed by atoms with van der Waals surface area (Å²) in [7, 11) is -3.22. The molecule has 0 fully saturated rings. The first-order valence-electron chi connectivity index (χ1n) is 5.46. The molecule has 1 aliphatic heterocycles. The molecule has 0 saturated heterocycles. The van der Waals surface area contributed by atoms with Gasteiger partial charge in [0.15, 0.2) is 9.84 Å². The molecule has 2 N–H and O–H groups in total. The molecular formula is C11H12N2O5S. The fourth-order valence-corrected chi connectivity index (χ4v) is 3.05. The van der Waals surface area contributed by atoms with Crippen LogP contribution < -0.4 is 5.32 Å². The van der Waals surface area contributed by atoms with E-state index in [0.29, 0.717) is 0 Å². The Kier molecular flexibility index (Phi) is 3.43. The van der Waals surface area contributed by atoms with E-state index in [1.54, 1.807) is 0 Å². The third-order valence-corrected chi connectivity index (χ3v) is 4.03. The van der Waals surface area contributed by atoms with Gasteiger partial charge in [-0.2, -0.15) is 0 Å². The van der Waals surface area contributed by atoms with Crippen LogP contribution in [0, 0.1) is 0 Å². The summed E-state index contributed by atoms with van der Waals surface area (Å²) in [5.74, 6) is -1.72. The van der Waals surface area contributed by atoms with Crippen LogP contribution in [0.5, 0.6) is 0 Å². The Labute approximate surface area is 109 Å². The van der Waals surface area contributed by atoms with Crippen LogP contribution in [0.25, 0.3) is 0 Å². The molecule has 1 atom stereocenters. The molecule has 0 saturated carbocycles. The van der Waals surface area contributed by atoms with E-state index in [-0.39, 0.29) is 18.0 Å². The predicted molar refractivity (Wildman–Crippen MR) is 66.2 cm³/mol. The van der Waals surface area contributed by atoms with Gasteiger partial charge >= 0.3 is 5.97 Å². The van der Waals surface area contributed by atoms with Crippen LogP contribution >= 0.6 is 0 Å². The maximum absolute atomic E-state index is 11.7. The number of hydrogen-bond acceptors (Lipinski definition) is 4. The summed E-state index contributed by atoms with van der Waals surface area (Å²) in [5.41, 5.74) is 0.00438. The van der Waals surface area contributed by atoms with Crippen molar-refractivity contribution in [2.45, 2.75) is 12.6 Å². The van der Waals surface area contributed by atoms with Gasteiger partial charge in [-0.15, -0.1) is 0 Å². The quantitative estimate of drug-likeness (QED) is 0.783. The number of aromatic carboxylic acids is 1. The Morgan fingerprint density at radius 3 is 2.79 bits per heavy atom. The zero-order valence-electron chi connectivity index (χ0n) is 9.81. The van der Waals surface area contributed by atoms with Crippen LogP contribution in [0.2, 0.25) is 0 Å². The van der Waals surface area contributed by atoms with Crippen LogP contribution in [0.3, 0.4) is 0 Å². The zero-order valence-corrected chi connectivity index (χ0v) is 10.6. The fraction of sp³-hybridized carbons (Fsp3) is 0.273. The summed E-state index contributed by atoms with van der Waals surface area (Å²) < 4.78 is 23.6. The maximum atomic E-state index is 11.7. The Morgan fingerprint density at radius 1 is 1.47 bits per heavy atom. The molecular weight excluding hydrogens is 272 g/mol. The molecule has 0 radical (unpaired) electrons. The Balaban J connectivity index is 1.97. The topological polar surface area (TPSA) is 105 Å². The second-order valence-electron chi connectivity index (χ2n) is 4.16. The molecule has 1 aromatic rings. The van der Waals surface area contributed by atoms with E-state index in [4.69, 9.17) is 5.11 Å². The van der Waals surface area contributed by atoms with Gasteiger partial charge in [0, 0.05) is 11.6 Å². The number of hydrogen-bond donors (Lipinski definition) is 2. The number of nitrogens with zero attached hydrogens (tertiary/aromatic N) is 1. The normalized spacial score (nSPS) is 20.3. The lowest BCUT2D eigenvalue weighted by Gasteiger charge is -2.11. The summed E-state index contributed by atoms with van der Waals surface area (Å²) in [4.78, 5) is 22.5. The van der Waals surface area contributed by atoms with Crippen molar-refractivity contribution in [1.29, 1.82) is 0 Å². The number of aromatic nitrogens is 1. The SMILES string of the molecule is O=C(Cn1cccc1C(=O)O)NC1C=CS(=O)(=O)C1. The van der Waals surface area contributed by atoms with E-state index in [2.05, 4.69) is 5.32 Å². The summed E-state index contributed by atoms with van der Waals surface area (Å²) in [6.07, 6.45) is 2.88. The van der Waals surface area contributed by atoms with Crippen molar-refractivity contribution >= 4 is 21.7 Å². The molecule has 1 aromatic heterocycles. The van der Waals surface area contributed by atoms with Crippen LogP contribution in [-0.4, -0.2) is 41.8 Å². The number of amides is 1. The van der Waals surface area contributed by atoms with Crippen molar-refractivity contribution in [3.05, 3.63) is 35.5 Å². The third-order valence-electron chi connectivity index (χ3n) is 2.64. The van der Waals surface area contributed by atoms with E-state index in [9.17, 15) is 18.0 Å². The lowest BCUT2D eigenvalue weighted by Crippen LogP contribution is -2.37. The number of carbonyl (C=O) groups excluding carboxylic acids is 1. The van der Waals surface area contributed by atoms with Crippen molar-refractivity contribution < 1.29 is 23.1 Å². The first-order valence-corrected chi connectivity index (χ1v) is 7.18. The second-order valence-corrected chi connectivity index (χ2v) is 6.09. The predicted octanol–water partition coefficient (Wildman–Crippen LogP) is -0.387. The molecule has 7 nitrogen and oxygen atoms in total. The first-order chi connectivity index (χ1) is 8.87. The highest BCUT2D eigenvalue weighted by atomic mass is 32.2. The van der Waals surface area contributed by atoms with E-state index in [1.165, 1.54) is 29.0 Å². The molecule has 2 rings (SSSR count). The minimum absolute atomic E-state index is 0.00438. The summed E-state index contributed by atoms with van der Waals surface area (Å²) in [5, 5.41) is 12.5. The van der Waals surface area contributed by atoms with Gasteiger partial charge in [-0.3, -0.25) is 4.79 Å². The van der Waals surface area contributed by atoms with E-state index in [0.717, 1.165) is 5.41 Å². The van der Waals surface area contributed by atoms with Gasteiger partial charge in [0.05, 0.1) is 11.8 Å². The minimum atomic E-state index is -3.22. The second kappa shape index (κ2) is 4.88. The molecule has 0 aromatic carbocycles. The lowest BCUT2D eigenvalue weighted by molar-refractivity contribution is -0.121. The molecule has 2 heterocycles. The summed E-state index contributed by atoms with van der Waals surface area (Å²) in [6.45, 7) is -0.168. The lowest BCUT2D eigenvalue weighted by atomic mass is 10.3. The van der Waals surface area contributed by atoms with Crippen LogP contribution in [0.1, 0.15) is 10.5 Å². The molecule has 1 unspecified atom stereocenters. The number of nitrogens with one attached hydrogen (secondary N) is 1. The largest absolute Gasteiger partial charge is 0.477 e. The maximum Gasteiger partial charge on any atom is 0.352 e. The Morgan fingerprint density at radius 2 is 2.21 bits per heavy atom. The van der Waals surface area contributed by atoms with Crippen LogP contribution in [-0.2, 0) is 21.2 Å². The van der Waals surface area contributed by atoms with Crippen LogP contribution in [0.4, 0.5) is 0 Å². The number of carboxylic acid groups (broad SMARTS) is 1. The number of carbonyl (C=O) groups is 2. The average molecular weight is 284 g/mol. The third kappa shape index (κ3) is 3.22. The molecule has 0 spiro atoms. The number of carboxylic acids is 1. The Hall–Kier alpha value is -2.09. The highest BCUT2D eigenvalue weighted by Gasteiger charge is 2.23. The van der Waals surface area contributed by atoms with Crippen molar-refractivity contribution in [3.8, 4) is 0 Å². The summed E-state index contributed by atoms with van der Waals surface area (Å²) >= 11 is 0. The van der Waals surface area contributed by atoms with Gasteiger partial charge in [-0.05, 0) is 18.2 Å². The molecule has 19 heavy (non-hydrogen) atoms. The van der Waals surface area contributed by atoms with Gasteiger partial charge in [-0.25, -0.2) is 13.2 Å². The van der Waals surface area contributed by atoms with Crippen molar-refractivity contribution in [3.63, 3.8) is 0 Å². The summed E-state index contributed by atoms with van der Waals surface area (Å²) in [6, 6.07) is 2.35. The van der Waals surface area contributed by atoms with Gasteiger partial charge in [0.1, 0.15) is 12.2 Å². The van der Waals surface area contributed by atoms with Gasteiger partial charge in [-0.1, -0.05) is 0 Å². The van der Waals surface area contributed by atoms with Crippen molar-refractivity contribution in [1.82, 2.24) is 9.88 Å². The van der Waals surface area contributed by atoms with E-state index >= 15 is 0 Å². The number of rotatable bonds is 4. The standard InChI is InChI=1S/C11H12N2O5S/c14-10(12-8-3-5-19(17,18)7-8)6-13-4-1-2-9(13)11(15)16/h1-5,8H,6-7H2,(H,12,14)(H,15,16). The molecule has 0 aliphatic carbocycles. The van der Waals surface area contributed by atoms with Gasteiger partial charge < -0.3 is 15.0 Å². The molecule has 102 valence electrons. The number of sulfone groups is 1. The molecule has 1 aliphatic rings. The highest BCUT2D eigenvalue weighted by molar-refractivity contribution is 7.94.